The van der Waals surface area contributed by atoms with Crippen LogP contribution in [0.4, 0.5) is 5.69 Å². The van der Waals surface area contributed by atoms with E-state index >= 15 is 0 Å². The van der Waals surface area contributed by atoms with Crippen LogP contribution in [-0.4, -0.2) is 4.98 Å². The summed E-state index contributed by atoms with van der Waals surface area (Å²) in [6, 6.07) is 17.1. The molecule has 0 unspecified atom stereocenters. The third-order valence-corrected chi connectivity index (χ3v) is 4.61. The second-order valence-corrected chi connectivity index (χ2v) is 5.80. The van der Waals surface area contributed by atoms with E-state index in [2.05, 4.69) is 64.2 Å². The van der Waals surface area contributed by atoms with E-state index in [9.17, 15) is 0 Å². The first-order chi connectivity index (χ1) is 9.90. The van der Waals surface area contributed by atoms with Gasteiger partial charge in [-0.15, -0.1) is 11.3 Å². The van der Waals surface area contributed by atoms with Gasteiger partial charge in [-0.2, -0.15) is 0 Å². The van der Waals surface area contributed by atoms with Crippen molar-refractivity contribution in [2.45, 2.75) is 6.54 Å². The maximum Gasteiger partial charge on any atom is 0.0455 e. The average molecular weight is 278 g/mol. The van der Waals surface area contributed by atoms with Crippen LogP contribution in [0.1, 0.15) is 5.56 Å². The molecule has 20 heavy (non-hydrogen) atoms. The predicted molar refractivity (Wildman–Crippen MR) is 87.5 cm³/mol. The molecule has 0 atom stereocenters. The first kappa shape index (κ1) is 11.6. The van der Waals surface area contributed by atoms with Gasteiger partial charge in [0.25, 0.3) is 0 Å². The minimum absolute atomic E-state index is 0.861. The Morgan fingerprint density at radius 2 is 2.00 bits per heavy atom. The van der Waals surface area contributed by atoms with Crippen molar-refractivity contribution < 1.29 is 0 Å². The molecule has 98 valence electrons. The van der Waals surface area contributed by atoms with Crippen LogP contribution in [0.5, 0.6) is 0 Å². The highest BCUT2D eigenvalue weighted by molar-refractivity contribution is 7.17. The molecule has 4 aromatic rings. The molecule has 4 rings (SSSR count). The summed E-state index contributed by atoms with van der Waals surface area (Å²) in [5.41, 5.74) is 3.70. The third kappa shape index (κ3) is 1.96. The molecule has 0 aliphatic rings. The minimum Gasteiger partial charge on any atom is -0.381 e. The van der Waals surface area contributed by atoms with Gasteiger partial charge in [-0.05, 0) is 46.7 Å². The standard InChI is InChI=1S/C17H14N2S/c1-2-4-17-15(3-1)13(11-20-17)10-19-14-5-6-16-12(9-14)7-8-18-16/h1-9,11,18-19H,10H2. The third-order valence-electron chi connectivity index (χ3n) is 3.60. The number of aromatic nitrogens is 1. The van der Waals surface area contributed by atoms with Crippen molar-refractivity contribution in [2.24, 2.45) is 0 Å². The zero-order chi connectivity index (χ0) is 13.4. The molecule has 0 aliphatic heterocycles. The number of hydrogen-bond acceptors (Lipinski definition) is 2. The van der Waals surface area contributed by atoms with Gasteiger partial charge >= 0.3 is 0 Å². The molecule has 2 heterocycles. The maximum atomic E-state index is 3.51. The van der Waals surface area contributed by atoms with Crippen LogP contribution in [0.2, 0.25) is 0 Å². The van der Waals surface area contributed by atoms with Crippen LogP contribution < -0.4 is 5.32 Å². The largest absolute Gasteiger partial charge is 0.381 e. The van der Waals surface area contributed by atoms with Gasteiger partial charge in [0.1, 0.15) is 0 Å². The van der Waals surface area contributed by atoms with Gasteiger partial charge in [0, 0.05) is 34.0 Å². The fourth-order valence-electron chi connectivity index (χ4n) is 2.53. The molecular formula is C17H14N2S. The van der Waals surface area contributed by atoms with Crippen LogP contribution in [0.25, 0.3) is 21.0 Å². The molecule has 0 fully saturated rings. The minimum atomic E-state index is 0.861. The Kier molecular flexibility index (Phi) is 2.71. The van der Waals surface area contributed by atoms with Gasteiger partial charge in [0.15, 0.2) is 0 Å². The number of anilines is 1. The zero-order valence-corrected chi connectivity index (χ0v) is 11.7. The predicted octanol–water partition coefficient (Wildman–Crippen LogP) is 4.99. The Balaban J connectivity index is 1.60. The van der Waals surface area contributed by atoms with Crippen LogP contribution in [0.3, 0.4) is 0 Å². The van der Waals surface area contributed by atoms with E-state index in [4.69, 9.17) is 0 Å². The van der Waals surface area contributed by atoms with Crippen molar-refractivity contribution in [2.75, 3.05) is 5.32 Å². The second kappa shape index (κ2) is 4.69. The van der Waals surface area contributed by atoms with Gasteiger partial charge < -0.3 is 10.3 Å². The molecule has 0 amide bonds. The molecule has 2 nitrogen and oxygen atoms in total. The number of hydrogen-bond donors (Lipinski definition) is 2. The van der Waals surface area contributed by atoms with E-state index in [1.165, 1.54) is 26.6 Å². The quantitative estimate of drug-likeness (QED) is 0.542. The van der Waals surface area contributed by atoms with Crippen molar-refractivity contribution in [3.05, 3.63) is 65.7 Å². The highest BCUT2D eigenvalue weighted by Gasteiger charge is 2.03. The van der Waals surface area contributed by atoms with Gasteiger partial charge in [0.05, 0.1) is 0 Å². The van der Waals surface area contributed by atoms with Gasteiger partial charge in [-0.3, -0.25) is 0 Å². The topological polar surface area (TPSA) is 27.8 Å². The van der Waals surface area contributed by atoms with Crippen molar-refractivity contribution >= 4 is 38.0 Å². The molecule has 0 spiro atoms. The first-order valence-corrected chi connectivity index (χ1v) is 7.54. The lowest BCUT2D eigenvalue weighted by Crippen LogP contribution is -1.98. The Labute approximate surface area is 121 Å². The number of fused-ring (bicyclic) bond motifs is 2. The highest BCUT2D eigenvalue weighted by atomic mass is 32.1. The number of benzene rings is 2. The van der Waals surface area contributed by atoms with E-state index in [-0.39, 0.29) is 0 Å². The molecule has 0 saturated heterocycles. The summed E-state index contributed by atoms with van der Waals surface area (Å²) in [4.78, 5) is 3.21. The number of nitrogens with one attached hydrogen (secondary N) is 2. The molecule has 0 bridgehead atoms. The monoisotopic (exact) mass is 278 g/mol. The summed E-state index contributed by atoms with van der Waals surface area (Å²) in [5, 5.41) is 8.35. The molecular weight excluding hydrogens is 264 g/mol. The van der Waals surface area contributed by atoms with E-state index in [0.29, 0.717) is 0 Å². The number of thiophene rings is 1. The van der Waals surface area contributed by atoms with E-state index in [1.807, 2.05) is 17.5 Å². The number of H-pyrrole nitrogens is 1. The summed E-state index contributed by atoms with van der Waals surface area (Å²) in [5.74, 6) is 0. The molecule has 0 radical (unpaired) electrons. The Morgan fingerprint density at radius 3 is 3.00 bits per heavy atom. The molecule has 0 aliphatic carbocycles. The summed E-state index contributed by atoms with van der Waals surface area (Å²) in [6.07, 6.45) is 1.97. The molecule has 2 aromatic carbocycles. The van der Waals surface area contributed by atoms with Crippen LogP contribution in [0, 0.1) is 0 Å². The Hall–Kier alpha value is -2.26. The summed E-state index contributed by atoms with van der Waals surface area (Å²) < 4.78 is 1.35. The highest BCUT2D eigenvalue weighted by Crippen LogP contribution is 2.26. The second-order valence-electron chi connectivity index (χ2n) is 4.89. The summed E-state index contributed by atoms with van der Waals surface area (Å²) in [6.45, 7) is 0.861. The Bertz CT molecular complexity index is 873. The van der Waals surface area contributed by atoms with Gasteiger partial charge in [0.2, 0.25) is 0 Å². The average Bonchev–Trinajstić information content (AvgIpc) is 3.11. The number of aromatic amines is 1. The molecule has 0 saturated carbocycles. The van der Waals surface area contributed by atoms with Crippen molar-refractivity contribution in [1.29, 1.82) is 0 Å². The van der Waals surface area contributed by atoms with Gasteiger partial charge in [-0.25, -0.2) is 0 Å². The molecule has 2 N–H and O–H groups in total. The lowest BCUT2D eigenvalue weighted by molar-refractivity contribution is 1.18. The fourth-order valence-corrected chi connectivity index (χ4v) is 3.49. The lowest BCUT2D eigenvalue weighted by Gasteiger charge is -2.06. The van der Waals surface area contributed by atoms with Crippen molar-refractivity contribution in [1.82, 2.24) is 4.98 Å². The maximum absolute atomic E-state index is 3.51. The SMILES string of the molecule is c1ccc2c(CNc3ccc4[nH]ccc4c3)csc2c1. The first-order valence-electron chi connectivity index (χ1n) is 6.66. The van der Waals surface area contributed by atoms with Crippen LogP contribution in [-0.2, 0) is 6.54 Å². The van der Waals surface area contributed by atoms with Crippen LogP contribution >= 0.6 is 11.3 Å². The summed E-state index contributed by atoms with van der Waals surface area (Å²) >= 11 is 1.81. The molecule has 3 heteroatoms. The smallest absolute Gasteiger partial charge is 0.0455 e. The van der Waals surface area contributed by atoms with E-state index in [1.54, 1.807) is 0 Å². The van der Waals surface area contributed by atoms with Crippen LogP contribution in [0.15, 0.2) is 60.1 Å². The van der Waals surface area contributed by atoms with E-state index in [0.717, 1.165) is 12.2 Å². The Morgan fingerprint density at radius 1 is 1.05 bits per heavy atom. The number of rotatable bonds is 3. The summed E-state index contributed by atoms with van der Waals surface area (Å²) in [7, 11) is 0. The fraction of sp³-hybridized carbons (Fsp3) is 0.0588. The molecule has 2 aromatic heterocycles. The van der Waals surface area contributed by atoms with Crippen molar-refractivity contribution in [3.63, 3.8) is 0 Å². The van der Waals surface area contributed by atoms with Gasteiger partial charge in [-0.1, -0.05) is 18.2 Å². The lowest BCUT2D eigenvalue weighted by atomic mass is 10.1. The van der Waals surface area contributed by atoms with E-state index < -0.39 is 0 Å². The zero-order valence-electron chi connectivity index (χ0n) is 10.9. The normalized spacial score (nSPS) is 11.2. The van der Waals surface area contributed by atoms with Crippen molar-refractivity contribution in [3.8, 4) is 0 Å².